The molecule has 0 unspecified atom stereocenters. The van der Waals surface area contributed by atoms with Crippen molar-refractivity contribution in [2.75, 3.05) is 31.6 Å². The summed E-state index contributed by atoms with van der Waals surface area (Å²) in [6.07, 6.45) is 5.21. The van der Waals surface area contributed by atoms with Crippen molar-refractivity contribution in [2.24, 2.45) is 5.92 Å². The molecule has 3 fully saturated rings. The minimum absolute atomic E-state index is 0.0189. The van der Waals surface area contributed by atoms with E-state index in [1.54, 1.807) is 12.4 Å². The Morgan fingerprint density at radius 2 is 2.03 bits per heavy atom. The van der Waals surface area contributed by atoms with Gasteiger partial charge in [-0.3, -0.25) is 14.7 Å². The quantitative estimate of drug-likeness (QED) is 0.504. The maximum atomic E-state index is 14.5. The Balaban J connectivity index is 1.15. The van der Waals surface area contributed by atoms with Gasteiger partial charge in [0.25, 0.3) is 0 Å². The number of ether oxygens (including phenoxy) is 1. The van der Waals surface area contributed by atoms with Crippen molar-refractivity contribution in [1.29, 1.82) is 0 Å². The van der Waals surface area contributed by atoms with Crippen molar-refractivity contribution in [3.63, 3.8) is 0 Å². The highest BCUT2D eigenvalue weighted by Crippen LogP contribution is 2.47. The Labute approximate surface area is 215 Å². The molecule has 0 bridgehead atoms. The largest absolute Gasteiger partial charge is 0.376 e. The van der Waals surface area contributed by atoms with E-state index in [1.807, 2.05) is 37.3 Å². The molecule has 2 aromatic heterocycles. The van der Waals surface area contributed by atoms with E-state index < -0.39 is 11.7 Å². The van der Waals surface area contributed by atoms with E-state index in [0.717, 1.165) is 59.4 Å². The van der Waals surface area contributed by atoms with Gasteiger partial charge in [0.1, 0.15) is 12.0 Å². The summed E-state index contributed by atoms with van der Waals surface area (Å²) in [7, 11) is 0. The molecule has 0 radical (unpaired) electrons. The molecule has 1 aliphatic carbocycles. The number of aromatic nitrogens is 2. The van der Waals surface area contributed by atoms with Crippen LogP contribution < -0.4 is 5.32 Å². The molecule has 4 heterocycles. The van der Waals surface area contributed by atoms with Crippen LogP contribution in [0.2, 0.25) is 5.02 Å². The third-order valence-electron chi connectivity index (χ3n) is 8.27. The number of fused-ring (bicyclic) bond motifs is 1. The number of hydrogen-bond acceptors (Lipinski definition) is 5. The lowest BCUT2D eigenvalue weighted by Gasteiger charge is -2.43. The Hall–Kier alpha value is -2.61. The first-order chi connectivity index (χ1) is 17.4. The van der Waals surface area contributed by atoms with Crippen LogP contribution in [-0.4, -0.2) is 58.8 Å². The first-order valence-electron chi connectivity index (χ1n) is 12.7. The number of piperidine rings is 1. The average molecular weight is 509 g/mol. The van der Waals surface area contributed by atoms with Crippen molar-refractivity contribution in [1.82, 2.24) is 14.9 Å². The van der Waals surface area contributed by atoms with Crippen LogP contribution in [0.4, 0.5) is 10.2 Å². The van der Waals surface area contributed by atoms with Gasteiger partial charge in [-0.15, -0.1) is 0 Å². The lowest BCUT2D eigenvalue weighted by Crippen LogP contribution is -2.55. The van der Waals surface area contributed by atoms with Crippen LogP contribution in [0.3, 0.4) is 0 Å². The highest BCUT2D eigenvalue weighted by Gasteiger charge is 2.46. The highest BCUT2D eigenvalue weighted by atomic mass is 35.5. The summed E-state index contributed by atoms with van der Waals surface area (Å²) in [6, 6.07) is 11.8. The number of carbonyl (C=O) groups is 1. The van der Waals surface area contributed by atoms with Gasteiger partial charge in [0.15, 0.2) is 0 Å². The second-order valence-corrected chi connectivity index (χ2v) is 11.0. The van der Waals surface area contributed by atoms with Crippen molar-refractivity contribution in [2.45, 2.75) is 49.7 Å². The van der Waals surface area contributed by atoms with Crippen LogP contribution >= 0.6 is 11.6 Å². The molecule has 1 saturated carbocycles. The van der Waals surface area contributed by atoms with E-state index in [0.29, 0.717) is 18.3 Å². The molecule has 3 aromatic rings. The normalized spacial score (nSPS) is 28.9. The molecule has 1 N–H and O–H groups in total. The second kappa shape index (κ2) is 9.36. The summed E-state index contributed by atoms with van der Waals surface area (Å²) in [5.74, 6) is 0.937. The van der Waals surface area contributed by atoms with Crippen LogP contribution in [0.5, 0.6) is 0 Å². The van der Waals surface area contributed by atoms with Crippen molar-refractivity contribution in [3.8, 4) is 0 Å². The fraction of sp³-hybridized carbons (Fsp3) is 0.464. The number of nitrogens with zero attached hydrogens (tertiary/aromatic N) is 3. The summed E-state index contributed by atoms with van der Waals surface area (Å²) in [4.78, 5) is 23.9. The lowest BCUT2D eigenvalue weighted by atomic mass is 9.85. The molecule has 36 heavy (non-hydrogen) atoms. The number of alkyl halides is 1. The van der Waals surface area contributed by atoms with Crippen LogP contribution in [0.15, 0.2) is 48.8 Å². The number of rotatable bonds is 5. The standard InChI is InChI=1S/C28H30ClFN4O2/c1-28(16-36-15-25(28)30)34-8-5-17(6-9-34)20-10-18-12-26(32-14-19(18)11-23(20)29)33-27(35)22-13-21(22)24-4-2-3-7-31-24/h2-4,7,10-12,14,17,21-22,25H,5-6,8-9,13,15-16H2,1H3,(H,32,33,35)/t21-,22-,25+,28-/m0/s1. The zero-order chi connectivity index (χ0) is 24.9. The van der Waals surface area contributed by atoms with Gasteiger partial charge in [-0.05, 0) is 86.5 Å². The smallest absolute Gasteiger partial charge is 0.229 e. The molecule has 188 valence electrons. The van der Waals surface area contributed by atoms with Gasteiger partial charge in [0.2, 0.25) is 5.91 Å². The van der Waals surface area contributed by atoms with Crippen LogP contribution in [0.25, 0.3) is 10.8 Å². The lowest BCUT2D eigenvalue weighted by molar-refractivity contribution is -0.117. The third-order valence-corrected chi connectivity index (χ3v) is 8.60. The minimum Gasteiger partial charge on any atom is -0.376 e. The first kappa shape index (κ1) is 23.8. The molecular formula is C28H30ClFN4O2. The zero-order valence-electron chi connectivity index (χ0n) is 20.3. The molecular weight excluding hydrogens is 479 g/mol. The fourth-order valence-corrected chi connectivity index (χ4v) is 6.15. The topological polar surface area (TPSA) is 67.4 Å². The molecule has 8 heteroatoms. The minimum atomic E-state index is -0.950. The summed E-state index contributed by atoms with van der Waals surface area (Å²) >= 11 is 6.70. The number of nitrogens with one attached hydrogen (secondary N) is 1. The molecule has 4 atom stereocenters. The Bertz CT molecular complexity index is 1280. The van der Waals surface area contributed by atoms with E-state index in [-0.39, 0.29) is 24.3 Å². The molecule has 2 saturated heterocycles. The molecule has 3 aliphatic rings. The van der Waals surface area contributed by atoms with Crippen molar-refractivity contribution in [3.05, 3.63) is 65.1 Å². The molecule has 1 aromatic carbocycles. The second-order valence-electron chi connectivity index (χ2n) is 10.6. The summed E-state index contributed by atoms with van der Waals surface area (Å²) in [6.45, 7) is 4.23. The van der Waals surface area contributed by atoms with Gasteiger partial charge < -0.3 is 10.1 Å². The number of benzene rings is 1. The van der Waals surface area contributed by atoms with Gasteiger partial charge in [-0.25, -0.2) is 9.37 Å². The van der Waals surface area contributed by atoms with Gasteiger partial charge in [0, 0.05) is 40.3 Å². The number of halogens is 2. The van der Waals surface area contributed by atoms with Crippen LogP contribution in [0, 0.1) is 5.92 Å². The monoisotopic (exact) mass is 508 g/mol. The third kappa shape index (κ3) is 4.38. The van der Waals surface area contributed by atoms with E-state index in [2.05, 4.69) is 26.3 Å². The van der Waals surface area contributed by atoms with Crippen molar-refractivity contribution >= 4 is 34.1 Å². The Morgan fingerprint density at radius 1 is 1.19 bits per heavy atom. The number of hydrogen-bond donors (Lipinski definition) is 1. The number of likely N-dealkylation sites (tertiary alicyclic amines) is 1. The summed E-state index contributed by atoms with van der Waals surface area (Å²) < 4.78 is 19.9. The van der Waals surface area contributed by atoms with Gasteiger partial charge in [-0.1, -0.05) is 17.7 Å². The molecule has 6 nitrogen and oxygen atoms in total. The summed E-state index contributed by atoms with van der Waals surface area (Å²) in [5, 5.41) is 5.66. The maximum absolute atomic E-state index is 14.5. The van der Waals surface area contributed by atoms with Crippen LogP contribution in [0.1, 0.15) is 49.3 Å². The van der Waals surface area contributed by atoms with Crippen LogP contribution in [-0.2, 0) is 9.53 Å². The highest BCUT2D eigenvalue weighted by molar-refractivity contribution is 6.32. The SMILES string of the molecule is C[C@]1(N2CCC(c3cc4cc(NC(=O)[C@H]5C[C@@H]5c5ccccn5)ncc4cc3Cl)CC2)COC[C@H]1F. The average Bonchev–Trinajstić information content (AvgIpc) is 3.63. The Morgan fingerprint density at radius 3 is 2.75 bits per heavy atom. The van der Waals surface area contributed by atoms with E-state index >= 15 is 0 Å². The molecule has 6 rings (SSSR count). The zero-order valence-corrected chi connectivity index (χ0v) is 21.0. The van der Waals surface area contributed by atoms with Gasteiger partial charge in [-0.2, -0.15) is 0 Å². The fourth-order valence-electron chi connectivity index (χ4n) is 5.82. The van der Waals surface area contributed by atoms with Crippen molar-refractivity contribution < 1.29 is 13.9 Å². The predicted molar refractivity (Wildman–Crippen MR) is 138 cm³/mol. The van der Waals surface area contributed by atoms with E-state index in [9.17, 15) is 9.18 Å². The summed E-state index contributed by atoms with van der Waals surface area (Å²) in [5.41, 5.74) is 1.54. The van der Waals surface area contributed by atoms with E-state index in [1.165, 1.54) is 0 Å². The van der Waals surface area contributed by atoms with E-state index in [4.69, 9.17) is 16.3 Å². The molecule has 2 aliphatic heterocycles. The van der Waals surface area contributed by atoms with Gasteiger partial charge >= 0.3 is 0 Å². The van der Waals surface area contributed by atoms with Gasteiger partial charge in [0.05, 0.1) is 18.8 Å². The number of amides is 1. The molecule has 1 amide bonds. The maximum Gasteiger partial charge on any atom is 0.229 e. The predicted octanol–water partition coefficient (Wildman–Crippen LogP) is 5.33. The Kier molecular flexibility index (Phi) is 6.18. The number of anilines is 1. The first-order valence-corrected chi connectivity index (χ1v) is 13.1. The molecule has 0 spiro atoms. The number of pyridine rings is 2. The number of carbonyl (C=O) groups excluding carboxylic acids is 1.